The first-order valence-electron chi connectivity index (χ1n) is 7.82. The molecule has 2 aliphatic carbocycles. The summed E-state index contributed by atoms with van der Waals surface area (Å²) < 4.78 is 0. The van der Waals surface area contributed by atoms with Crippen molar-refractivity contribution >= 4 is 6.03 Å². The quantitative estimate of drug-likeness (QED) is 0.778. The highest BCUT2D eigenvalue weighted by Gasteiger charge is 2.26. The predicted molar refractivity (Wildman–Crippen MR) is 77.8 cm³/mol. The van der Waals surface area contributed by atoms with Crippen LogP contribution in [0, 0.1) is 12.3 Å². The van der Waals surface area contributed by atoms with Crippen LogP contribution in [0.3, 0.4) is 0 Å². The fraction of sp³-hybridized carbons (Fsp3) is 0.812. The number of nitrogens with one attached hydrogen (secondary N) is 1. The number of hydrogen-bond donors (Lipinski definition) is 1. The van der Waals surface area contributed by atoms with Gasteiger partial charge < -0.3 is 10.2 Å². The van der Waals surface area contributed by atoms with Crippen LogP contribution in [0.5, 0.6) is 0 Å². The van der Waals surface area contributed by atoms with Gasteiger partial charge in [-0.15, -0.1) is 6.42 Å². The molecule has 1 N–H and O–H groups in total. The van der Waals surface area contributed by atoms with Crippen molar-refractivity contribution in [3.63, 3.8) is 0 Å². The molecule has 2 rings (SSSR count). The monoisotopic (exact) mass is 262 g/mol. The maximum atomic E-state index is 12.4. The summed E-state index contributed by atoms with van der Waals surface area (Å²) in [5, 5.41) is 3.19. The Balaban J connectivity index is 1.89. The number of urea groups is 1. The second-order valence-electron chi connectivity index (χ2n) is 5.91. The normalized spacial score (nSPS) is 21.6. The van der Waals surface area contributed by atoms with Crippen LogP contribution in [0.15, 0.2) is 0 Å². The van der Waals surface area contributed by atoms with E-state index >= 15 is 0 Å². The molecule has 0 spiro atoms. The molecule has 2 aliphatic rings. The van der Waals surface area contributed by atoms with Gasteiger partial charge in [-0.25, -0.2) is 4.79 Å². The average molecular weight is 262 g/mol. The van der Waals surface area contributed by atoms with Gasteiger partial charge in [0.1, 0.15) is 0 Å². The maximum Gasteiger partial charge on any atom is 0.318 e. The minimum atomic E-state index is 0.0664. The van der Waals surface area contributed by atoms with Gasteiger partial charge in [-0.3, -0.25) is 0 Å². The number of amides is 2. The van der Waals surface area contributed by atoms with Gasteiger partial charge in [0.2, 0.25) is 0 Å². The first kappa shape index (κ1) is 14.2. The molecular formula is C16H26N2O. The molecule has 2 saturated carbocycles. The van der Waals surface area contributed by atoms with Gasteiger partial charge in [0.05, 0.1) is 6.54 Å². The van der Waals surface area contributed by atoms with Crippen molar-refractivity contribution < 1.29 is 4.79 Å². The molecule has 3 nitrogen and oxygen atoms in total. The summed E-state index contributed by atoms with van der Waals surface area (Å²) in [5.74, 6) is 2.65. The molecule has 0 aliphatic heterocycles. The van der Waals surface area contributed by atoms with Crippen LogP contribution in [0.25, 0.3) is 0 Å². The van der Waals surface area contributed by atoms with E-state index < -0.39 is 0 Å². The Bertz CT molecular complexity index is 322. The van der Waals surface area contributed by atoms with E-state index in [0.29, 0.717) is 18.6 Å². The Kier molecular flexibility index (Phi) is 5.57. The van der Waals surface area contributed by atoms with Gasteiger partial charge >= 0.3 is 6.03 Å². The summed E-state index contributed by atoms with van der Waals surface area (Å²) in [4.78, 5) is 14.3. The van der Waals surface area contributed by atoms with Crippen molar-refractivity contribution in [3.8, 4) is 12.3 Å². The predicted octanol–water partition coefficient (Wildman–Crippen LogP) is 3.30. The zero-order valence-electron chi connectivity index (χ0n) is 11.9. The molecule has 0 atom stereocenters. The van der Waals surface area contributed by atoms with E-state index in [1.807, 2.05) is 4.90 Å². The molecule has 0 aromatic carbocycles. The van der Waals surface area contributed by atoms with E-state index in [1.165, 1.54) is 38.5 Å². The van der Waals surface area contributed by atoms with Crippen molar-refractivity contribution in [2.24, 2.45) is 0 Å². The van der Waals surface area contributed by atoms with Crippen molar-refractivity contribution in [2.45, 2.75) is 76.3 Å². The lowest BCUT2D eigenvalue weighted by molar-refractivity contribution is 0.159. The third-order valence-corrected chi connectivity index (χ3v) is 4.47. The van der Waals surface area contributed by atoms with Crippen molar-refractivity contribution in [3.05, 3.63) is 0 Å². The largest absolute Gasteiger partial charge is 0.335 e. The molecule has 19 heavy (non-hydrogen) atoms. The molecule has 0 aromatic heterocycles. The van der Waals surface area contributed by atoms with E-state index in [2.05, 4.69) is 11.2 Å². The SMILES string of the molecule is C#CCN(C(=O)NC1CCCCC1)C1CCCCC1. The summed E-state index contributed by atoms with van der Waals surface area (Å²) in [5.41, 5.74) is 0. The Morgan fingerprint density at radius 2 is 1.63 bits per heavy atom. The molecule has 0 unspecified atom stereocenters. The third kappa shape index (κ3) is 4.16. The van der Waals surface area contributed by atoms with Gasteiger partial charge in [-0.2, -0.15) is 0 Å². The lowest BCUT2D eigenvalue weighted by Crippen LogP contribution is -2.50. The summed E-state index contributed by atoms with van der Waals surface area (Å²) in [6.07, 6.45) is 17.4. The fourth-order valence-corrected chi connectivity index (χ4v) is 3.36. The average Bonchev–Trinajstić information content (AvgIpc) is 2.46. The Morgan fingerprint density at radius 3 is 2.21 bits per heavy atom. The van der Waals surface area contributed by atoms with E-state index in [0.717, 1.165) is 25.7 Å². The van der Waals surface area contributed by atoms with Crippen LogP contribution in [-0.4, -0.2) is 29.6 Å². The van der Waals surface area contributed by atoms with Crippen molar-refractivity contribution in [1.29, 1.82) is 0 Å². The van der Waals surface area contributed by atoms with E-state index in [9.17, 15) is 4.79 Å². The van der Waals surface area contributed by atoms with E-state index in [1.54, 1.807) is 0 Å². The van der Waals surface area contributed by atoms with Gasteiger partial charge in [0.15, 0.2) is 0 Å². The molecule has 0 bridgehead atoms. The summed E-state index contributed by atoms with van der Waals surface area (Å²) >= 11 is 0. The highest BCUT2D eigenvalue weighted by Crippen LogP contribution is 2.23. The second-order valence-corrected chi connectivity index (χ2v) is 5.91. The molecule has 0 radical (unpaired) electrons. The standard InChI is InChI=1S/C16H26N2O/c1-2-13-18(15-11-7-4-8-12-15)16(19)17-14-9-5-3-6-10-14/h1,14-15H,3-13H2,(H,17,19). The fourth-order valence-electron chi connectivity index (χ4n) is 3.36. The number of rotatable bonds is 3. The minimum Gasteiger partial charge on any atom is -0.335 e. The van der Waals surface area contributed by atoms with Gasteiger partial charge in [-0.1, -0.05) is 44.4 Å². The van der Waals surface area contributed by atoms with Gasteiger partial charge in [0.25, 0.3) is 0 Å². The highest BCUT2D eigenvalue weighted by atomic mass is 16.2. The van der Waals surface area contributed by atoms with E-state index in [4.69, 9.17) is 6.42 Å². The van der Waals surface area contributed by atoms with Crippen LogP contribution in [0.4, 0.5) is 4.79 Å². The molecule has 2 fully saturated rings. The zero-order chi connectivity index (χ0) is 13.5. The summed E-state index contributed by atoms with van der Waals surface area (Å²) in [6.45, 7) is 0.448. The zero-order valence-corrected chi connectivity index (χ0v) is 11.9. The van der Waals surface area contributed by atoms with Gasteiger partial charge in [-0.05, 0) is 25.7 Å². The Hall–Kier alpha value is -1.17. The summed E-state index contributed by atoms with van der Waals surface area (Å²) in [7, 11) is 0. The molecule has 0 aromatic rings. The molecule has 2 amide bonds. The molecular weight excluding hydrogens is 236 g/mol. The van der Waals surface area contributed by atoms with Crippen LogP contribution in [0.1, 0.15) is 64.2 Å². The number of carbonyl (C=O) groups excluding carboxylic acids is 1. The van der Waals surface area contributed by atoms with Crippen LogP contribution < -0.4 is 5.32 Å². The van der Waals surface area contributed by atoms with Crippen molar-refractivity contribution in [2.75, 3.05) is 6.54 Å². The third-order valence-electron chi connectivity index (χ3n) is 4.47. The van der Waals surface area contributed by atoms with E-state index in [-0.39, 0.29) is 6.03 Å². The van der Waals surface area contributed by atoms with Crippen LogP contribution in [-0.2, 0) is 0 Å². The number of hydrogen-bond acceptors (Lipinski definition) is 1. The maximum absolute atomic E-state index is 12.4. The number of terminal acetylenes is 1. The smallest absolute Gasteiger partial charge is 0.318 e. The molecule has 0 heterocycles. The Morgan fingerprint density at radius 1 is 1.05 bits per heavy atom. The molecule has 106 valence electrons. The minimum absolute atomic E-state index is 0.0664. The molecule has 3 heteroatoms. The lowest BCUT2D eigenvalue weighted by Gasteiger charge is -2.35. The first-order chi connectivity index (χ1) is 9.31. The van der Waals surface area contributed by atoms with Gasteiger partial charge in [0, 0.05) is 12.1 Å². The first-order valence-corrected chi connectivity index (χ1v) is 7.82. The highest BCUT2D eigenvalue weighted by molar-refractivity contribution is 5.75. The summed E-state index contributed by atoms with van der Waals surface area (Å²) in [6, 6.07) is 0.787. The van der Waals surface area contributed by atoms with Crippen LogP contribution >= 0.6 is 0 Å². The number of nitrogens with zero attached hydrogens (tertiary/aromatic N) is 1. The topological polar surface area (TPSA) is 32.3 Å². The second kappa shape index (κ2) is 7.43. The van der Waals surface area contributed by atoms with Crippen molar-refractivity contribution in [1.82, 2.24) is 10.2 Å². The Labute approximate surface area is 117 Å². The number of carbonyl (C=O) groups is 1. The van der Waals surface area contributed by atoms with Crippen LogP contribution in [0.2, 0.25) is 0 Å². The molecule has 0 saturated heterocycles. The lowest BCUT2D eigenvalue weighted by atomic mass is 9.94.